The van der Waals surface area contributed by atoms with E-state index in [1.165, 1.54) is 11.8 Å². The van der Waals surface area contributed by atoms with Crippen LogP contribution >= 0.6 is 11.8 Å². The number of aromatic nitrogens is 2. The summed E-state index contributed by atoms with van der Waals surface area (Å²) in [6, 6.07) is 6.67. The lowest BCUT2D eigenvalue weighted by molar-refractivity contribution is -0.116. The first kappa shape index (κ1) is 16.6. The molecule has 0 fully saturated rings. The van der Waals surface area contributed by atoms with E-state index in [2.05, 4.69) is 17.2 Å². The minimum Gasteiger partial charge on any atom is -0.508 e. The normalized spacial score (nSPS) is 16.6. The molecule has 7 heteroatoms. The highest BCUT2D eigenvalue weighted by atomic mass is 32.2. The number of hydrogen-bond acceptors (Lipinski definition) is 5. The molecule has 0 bridgehead atoms. The van der Waals surface area contributed by atoms with Crippen LogP contribution in [0, 0.1) is 0 Å². The zero-order chi connectivity index (χ0) is 17.3. The summed E-state index contributed by atoms with van der Waals surface area (Å²) in [4.78, 5) is 29.0. The van der Waals surface area contributed by atoms with Crippen molar-refractivity contribution in [2.45, 2.75) is 30.8 Å². The van der Waals surface area contributed by atoms with Gasteiger partial charge in [-0.1, -0.05) is 30.8 Å². The summed E-state index contributed by atoms with van der Waals surface area (Å²) in [5.41, 5.74) is 0.887. The fourth-order valence-electron chi connectivity index (χ4n) is 2.88. The molecule has 6 nitrogen and oxygen atoms in total. The van der Waals surface area contributed by atoms with Crippen molar-refractivity contribution in [1.29, 1.82) is 0 Å². The smallest absolute Gasteiger partial charge is 0.279 e. The first-order valence-corrected chi connectivity index (χ1v) is 8.82. The zero-order valence-electron chi connectivity index (χ0n) is 13.6. The second-order valence-corrected chi connectivity index (χ2v) is 6.83. The van der Waals surface area contributed by atoms with Crippen LogP contribution in [0.4, 0.5) is 5.82 Å². The van der Waals surface area contributed by atoms with E-state index in [1.54, 1.807) is 29.8 Å². The summed E-state index contributed by atoms with van der Waals surface area (Å²) in [6.07, 6.45) is 1.13. The van der Waals surface area contributed by atoms with Crippen molar-refractivity contribution in [2.24, 2.45) is 7.05 Å². The number of nitrogens with one attached hydrogen (secondary N) is 1. The lowest BCUT2D eigenvalue weighted by Gasteiger charge is -2.27. The molecular weight excluding hydrogens is 326 g/mol. The van der Waals surface area contributed by atoms with E-state index in [-0.39, 0.29) is 23.6 Å². The number of nitrogens with zero attached hydrogens (tertiary/aromatic N) is 2. The van der Waals surface area contributed by atoms with Crippen molar-refractivity contribution in [2.75, 3.05) is 11.1 Å². The molecule has 2 N–H and O–H groups in total. The molecule has 1 aliphatic rings. The molecule has 3 rings (SSSR count). The Morgan fingerprint density at radius 3 is 2.92 bits per heavy atom. The number of fused-ring (bicyclic) bond motifs is 1. The Labute approximate surface area is 143 Å². The highest BCUT2D eigenvalue weighted by molar-refractivity contribution is 7.99. The number of aromatic hydroxyl groups is 1. The molecule has 2 heterocycles. The Bertz CT molecular complexity index is 847. The third kappa shape index (κ3) is 3.03. The lowest BCUT2D eigenvalue weighted by atomic mass is 9.86. The van der Waals surface area contributed by atoms with E-state index in [4.69, 9.17) is 0 Å². The van der Waals surface area contributed by atoms with Crippen molar-refractivity contribution < 1.29 is 9.90 Å². The number of benzene rings is 1. The molecule has 0 saturated carbocycles. The number of hydrogen-bond donors (Lipinski definition) is 2. The van der Waals surface area contributed by atoms with Crippen LogP contribution in [-0.4, -0.2) is 26.3 Å². The topological polar surface area (TPSA) is 84.2 Å². The fraction of sp³-hybridized carbons (Fsp3) is 0.353. The van der Waals surface area contributed by atoms with Crippen LogP contribution in [0.5, 0.6) is 5.75 Å². The first-order chi connectivity index (χ1) is 11.5. The van der Waals surface area contributed by atoms with Gasteiger partial charge in [-0.2, -0.15) is 4.98 Å². The molecule has 0 aliphatic carbocycles. The maximum atomic E-state index is 12.6. The predicted octanol–water partition coefficient (Wildman–Crippen LogP) is 2.46. The molecule has 1 aliphatic heterocycles. The summed E-state index contributed by atoms with van der Waals surface area (Å²) in [5, 5.41) is 13.1. The second-order valence-electron chi connectivity index (χ2n) is 5.77. The highest BCUT2D eigenvalue weighted by Crippen LogP contribution is 2.36. The number of carbonyl (C=O) groups is 1. The molecule has 0 spiro atoms. The molecule has 24 heavy (non-hydrogen) atoms. The van der Waals surface area contributed by atoms with E-state index in [0.29, 0.717) is 16.5 Å². The molecule has 1 amide bonds. The van der Waals surface area contributed by atoms with E-state index >= 15 is 0 Å². The number of carbonyl (C=O) groups excluding carboxylic acids is 1. The maximum absolute atomic E-state index is 12.6. The van der Waals surface area contributed by atoms with Crippen LogP contribution in [0.3, 0.4) is 0 Å². The van der Waals surface area contributed by atoms with Gasteiger partial charge in [-0.15, -0.1) is 0 Å². The Morgan fingerprint density at radius 1 is 1.42 bits per heavy atom. The molecule has 1 atom stereocenters. The van der Waals surface area contributed by atoms with Gasteiger partial charge in [-0.05, 0) is 24.1 Å². The molecule has 126 valence electrons. The van der Waals surface area contributed by atoms with Gasteiger partial charge >= 0.3 is 0 Å². The lowest BCUT2D eigenvalue weighted by Crippen LogP contribution is -2.33. The minimum atomic E-state index is -0.405. The number of rotatable bonds is 4. The van der Waals surface area contributed by atoms with Gasteiger partial charge in [0.05, 0.1) is 5.56 Å². The Kier molecular flexibility index (Phi) is 4.62. The summed E-state index contributed by atoms with van der Waals surface area (Å²) in [7, 11) is 1.80. The van der Waals surface area contributed by atoms with Crippen molar-refractivity contribution in [3.05, 3.63) is 45.7 Å². The van der Waals surface area contributed by atoms with Crippen LogP contribution in [-0.2, 0) is 11.8 Å². The van der Waals surface area contributed by atoms with Gasteiger partial charge in [0.1, 0.15) is 11.6 Å². The first-order valence-electron chi connectivity index (χ1n) is 7.83. The van der Waals surface area contributed by atoms with E-state index in [0.717, 1.165) is 17.7 Å². The summed E-state index contributed by atoms with van der Waals surface area (Å²) >= 11 is 1.50. The third-order valence-corrected chi connectivity index (χ3v) is 5.24. The summed E-state index contributed by atoms with van der Waals surface area (Å²) in [6.45, 7) is 2.06. The van der Waals surface area contributed by atoms with Gasteiger partial charge in [-0.3, -0.25) is 9.59 Å². The van der Waals surface area contributed by atoms with Crippen LogP contribution in [0.15, 0.2) is 34.2 Å². The minimum absolute atomic E-state index is 0.111. The van der Waals surface area contributed by atoms with Gasteiger partial charge in [0.25, 0.3) is 5.56 Å². The van der Waals surface area contributed by atoms with Gasteiger partial charge in [0.2, 0.25) is 5.91 Å². The van der Waals surface area contributed by atoms with Gasteiger partial charge in [-0.25, -0.2) is 0 Å². The monoisotopic (exact) mass is 345 g/mol. The van der Waals surface area contributed by atoms with Crippen LogP contribution in [0.2, 0.25) is 0 Å². The van der Waals surface area contributed by atoms with E-state index in [9.17, 15) is 14.7 Å². The highest BCUT2D eigenvalue weighted by Gasteiger charge is 2.32. The van der Waals surface area contributed by atoms with Gasteiger partial charge < -0.3 is 15.0 Å². The van der Waals surface area contributed by atoms with Gasteiger partial charge in [0, 0.05) is 25.1 Å². The standard InChI is InChI=1S/C17H19N3O3S/c1-3-7-24-17-19-16(23)14-12(10-5-4-6-11(21)8-10)9-13(22)18-15(14)20(17)2/h4-6,8,12,21H,3,7,9H2,1-2H3,(H,18,22)/t12-/m0/s1. The van der Waals surface area contributed by atoms with Crippen molar-refractivity contribution >= 4 is 23.5 Å². The largest absolute Gasteiger partial charge is 0.508 e. The van der Waals surface area contributed by atoms with Gasteiger partial charge in [0.15, 0.2) is 5.16 Å². The van der Waals surface area contributed by atoms with Crippen LogP contribution in [0.1, 0.15) is 36.8 Å². The molecule has 1 aromatic carbocycles. The van der Waals surface area contributed by atoms with Crippen molar-refractivity contribution in [1.82, 2.24) is 9.55 Å². The second kappa shape index (κ2) is 6.68. The Hall–Kier alpha value is -2.28. The van der Waals surface area contributed by atoms with Crippen LogP contribution < -0.4 is 10.9 Å². The molecule has 1 aromatic heterocycles. The average molecular weight is 345 g/mol. The maximum Gasteiger partial charge on any atom is 0.279 e. The SMILES string of the molecule is CCCSc1nc(=O)c2c(n1C)NC(=O)C[C@H]2c1cccc(O)c1. The van der Waals surface area contributed by atoms with Crippen molar-refractivity contribution in [3.63, 3.8) is 0 Å². The Morgan fingerprint density at radius 2 is 2.21 bits per heavy atom. The molecule has 0 saturated heterocycles. The van der Waals surface area contributed by atoms with Crippen LogP contribution in [0.25, 0.3) is 0 Å². The predicted molar refractivity (Wildman–Crippen MR) is 93.7 cm³/mol. The molecule has 0 radical (unpaired) electrons. The number of phenols is 1. The number of anilines is 1. The van der Waals surface area contributed by atoms with E-state index in [1.807, 2.05) is 6.07 Å². The third-order valence-electron chi connectivity index (χ3n) is 4.01. The quantitative estimate of drug-likeness (QED) is 0.657. The van der Waals surface area contributed by atoms with Crippen molar-refractivity contribution in [3.8, 4) is 5.75 Å². The molecule has 0 unspecified atom stereocenters. The Balaban J connectivity index is 2.14. The van der Waals surface area contributed by atoms with E-state index < -0.39 is 5.92 Å². The average Bonchev–Trinajstić information content (AvgIpc) is 2.56. The molecule has 2 aromatic rings. The fourth-order valence-corrected chi connectivity index (χ4v) is 3.70. The summed E-state index contributed by atoms with van der Waals surface area (Å²) < 4.78 is 1.77. The number of amides is 1. The zero-order valence-corrected chi connectivity index (χ0v) is 14.4. The number of phenolic OH excluding ortho intramolecular Hbond substituents is 1. The number of thioether (sulfide) groups is 1. The molecular formula is C17H19N3O3S. The summed E-state index contributed by atoms with van der Waals surface area (Å²) in [5.74, 6) is 0.905.